The summed E-state index contributed by atoms with van der Waals surface area (Å²) in [5.41, 5.74) is 6.25. The third kappa shape index (κ3) is 2.09. The molecule has 0 saturated heterocycles. The van der Waals surface area contributed by atoms with Crippen LogP contribution in [0.2, 0.25) is 10.0 Å². The number of thiophene rings is 1. The lowest BCUT2D eigenvalue weighted by atomic mass is 10.1. The SMILES string of the molecule is NC(c1sccc1Cl)c1c(F)cccc1Cl. The fourth-order valence-corrected chi connectivity index (χ4v) is 2.93. The summed E-state index contributed by atoms with van der Waals surface area (Å²) in [6.07, 6.45) is 0. The number of hydrogen-bond acceptors (Lipinski definition) is 2. The van der Waals surface area contributed by atoms with Gasteiger partial charge in [-0.05, 0) is 23.6 Å². The average Bonchev–Trinajstić information content (AvgIpc) is 2.64. The second-order valence-electron chi connectivity index (χ2n) is 3.25. The molecule has 0 radical (unpaired) electrons. The van der Waals surface area contributed by atoms with Crippen molar-refractivity contribution >= 4 is 34.5 Å². The third-order valence-corrected chi connectivity index (χ3v) is 4.01. The van der Waals surface area contributed by atoms with Crippen molar-refractivity contribution < 1.29 is 4.39 Å². The summed E-state index contributed by atoms with van der Waals surface area (Å²) in [4.78, 5) is 0.716. The second-order valence-corrected chi connectivity index (χ2v) is 5.01. The maximum absolute atomic E-state index is 13.6. The first kappa shape index (κ1) is 11.9. The van der Waals surface area contributed by atoms with Gasteiger partial charge in [0.2, 0.25) is 0 Å². The summed E-state index contributed by atoms with van der Waals surface area (Å²) in [7, 11) is 0. The minimum Gasteiger partial charge on any atom is -0.319 e. The molecule has 0 fully saturated rings. The van der Waals surface area contributed by atoms with Crippen LogP contribution in [-0.2, 0) is 0 Å². The van der Waals surface area contributed by atoms with Gasteiger partial charge in [0.25, 0.3) is 0 Å². The summed E-state index contributed by atoms with van der Waals surface area (Å²) >= 11 is 13.3. The van der Waals surface area contributed by atoms with E-state index in [2.05, 4.69) is 0 Å². The Morgan fingerprint density at radius 1 is 1.19 bits per heavy atom. The van der Waals surface area contributed by atoms with Crippen LogP contribution in [0.1, 0.15) is 16.5 Å². The van der Waals surface area contributed by atoms with Gasteiger partial charge in [0.15, 0.2) is 0 Å². The maximum atomic E-state index is 13.6. The Kier molecular flexibility index (Phi) is 3.50. The van der Waals surface area contributed by atoms with Crippen LogP contribution >= 0.6 is 34.5 Å². The molecule has 2 N–H and O–H groups in total. The zero-order chi connectivity index (χ0) is 11.7. The van der Waals surface area contributed by atoms with E-state index < -0.39 is 11.9 Å². The molecule has 5 heteroatoms. The van der Waals surface area contributed by atoms with Crippen LogP contribution in [0, 0.1) is 5.82 Å². The lowest BCUT2D eigenvalue weighted by Gasteiger charge is -2.13. The van der Waals surface area contributed by atoms with Gasteiger partial charge in [-0.25, -0.2) is 4.39 Å². The quantitative estimate of drug-likeness (QED) is 0.872. The molecule has 1 nitrogen and oxygen atoms in total. The van der Waals surface area contributed by atoms with Crippen molar-refractivity contribution in [2.45, 2.75) is 6.04 Å². The van der Waals surface area contributed by atoms with E-state index in [1.807, 2.05) is 5.38 Å². The van der Waals surface area contributed by atoms with Crippen molar-refractivity contribution in [2.75, 3.05) is 0 Å². The van der Waals surface area contributed by atoms with Crippen molar-refractivity contribution in [1.82, 2.24) is 0 Å². The first-order valence-electron chi connectivity index (χ1n) is 4.53. The molecule has 1 aromatic carbocycles. The van der Waals surface area contributed by atoms with E-state index in [-0.39, 0.29) is 5.56 Å². The summed E-state index contributed by atoms with van der Waals surface area (Å²) in [5, 5.41) is 2.67. The molecule has 0 saturated carbocycles. The fourth-order valence-electron chi connectivity index (χ4n) is 1.47. The molecular formula is C11H8Cl2FNS. The fraction of sp³-hybridized carbons (Fsp3) is 0.0909. The Labute approximate surface area is 107 Å². The molecule has 16 heavy (non-hydrogen) atoms. The molecular weight excluding hydrogens is 268 g/mol. The largest absolute Gasteiger partial charge is 0.319 e. The number of hydrogen-bond donors (Lipinski definition) is 1. The van der Waals surface area contributed by atoms with Gasteiger partial charge in [0, 0.05) is 15.5 Å². The minimum atomic E-state index is -0.624. The molecule has 2 rings (SSSR count). The topological polar surface area (TPSA) is 26.0 Å². The van der Waals surface area contributed by atoms with Gasteiger partial charge >= 0.3 is 0 Å². The van der Waals surface area contributed by atoms with Gasteiger partial charge in [-0.15, -0.1) is 11.3 Å². The van der Waals surface area contributed by atoms with Gasteiger partial charge in [0.05, 0.1) is 11.1 Å². The number of benzene rings is 1. The molecule has 1 aromatic heterocycles. The second kappa shape index (κ2) is 4.72. The molecule has 0 aliphatic carbocycles. The van der Waals surface area contributed by atoms with E-state index in [0.717, 1.165) is 0 Å². The highest BCUT2D eigenvalue weighted by Crippen LogP contribution is 2.35. The zero-order valence-electron chi connectivity index (χ0n) is 8.08. The van der Waals surface area contributed by atoms with Crippen LogP contribution in [-0.4, -0.2) is 0 Å². The van der Waals surface area contributed by atoms with E-state index in [4.69, 9.17) is 28.9 Å². The monoisotopic (exact) mass is 275 g/mol. The zero-order valence-corrected chi connectivity index (χ0v) is 10.4. The third-order valence-electron chi connectivity index (χ3n) is 2.24. The van der Waals surface area contributed by atoms with Gasteiger partial charge < -0.3 is 5.73 Å². The molecule has 1 unspecified atom stereocenters. The van der Waals surface area contributed by atoms with Crippen molar-refractivity contribution in [3.63, 3.8) is 0 Å². The highest BCUT2D eigenvalue weighted by atomic mass is 35.5. The molecule has 0 spiro atoms. The number of halogens is 3. The summed E-state index contributed by atoms with van der Waals surface area (Å²) in [6.45, 7) is 0. The van der Waals surface area contributed by atoms with Gasteiger partial charge in [0.1, 0.15) is 5.82 Å². The standard InChI is InChI=1S/C11H8Cl2FNS/c12-6-2-1-3-8(14)9(6)10(15)11-7(13)4-5-16-11/h1-5,10H,15H2. The van der Waals surface area contributed by atoms with Gasteiger partial charge in [-0.2, -0.15) is 0 Å². The van der Waals surface area contributed by atoms with Gasteiger partial charge in [-0.3, -0.25) is 0 Å². The number of rotatable bonds is 2. The molecule has 0 aliphatic heterocycles. The molecule has 2 aromatic rings. The van der Waals surface area contributed by atoms with E-state index in [1.54, 1.807) is 18.2 Å². The smallest absolute Gasteiger partial charge is 0.129 e. The normalized spacial score (nSPS) is 12.8. The van der Waals surface area contributed by atoms with Crippen LogP contribution < -0.4 is 5.73 Å². The van der Waals surface area contributed by atoms with Crippen LogP contribution in [0.4, 0.5) is 4.39 Å². The summed E-state index contributed by atoms with van der Waals surface area (Å²) in [6, 6.07) is 5.60. The molecule has 0 amide bonds. The van der Waals surface area contributed by atoms with Crippen molar-refractivity contribution in [3.8, 4) is 0 Å². The molecule has 1 atom stereocenters. The Bertz CT molecular complexity index is 492. The molecule has 0 aliphatic rings. The van der Waals surface area contributed by atoms with Crippen molar-refractivity contribution in [2.24, 2.45) is 5.73 Å². The lowest BCUT2D eigenvalue weighted by Crippen LogP contribution is -2.13. The Morgan fingerprint density at radius 2 is 1.94 bits per heavy atom. The van der Waals surface area contributed by atoms with Crippen LogP contribution in [0.15, 0.2) is 29.6 Å². The highest BCUT2D eigenvalue weighted by Gasteiger charge is 2.20. The molecule has 84 valence electrons. The molecule has 1 heterocycles. The maximum Gasteiger partial charge on any atom is 0.129 e. The Balaban J connectivity index is 2.49. The first-order valence-corrected chi connectivity index (χ1v) is 6.17. The van der Waals surface area contributed by atoms with E-state index in [1.165, 1.54) is 17.4 Å². The first-order chi connectivity index (χ1) is 7.61. The lowest BCUT2D eigenvalue weighted by molar-refractivity contribution is 0.601. The summed E-state index contributed by atoms with van der Waals surface area (Å²) < 4.78 is 13.6. The minimum absolute atomic E-state index is 0.286. The highest BCUT2D eigenvalue weighted by molar-refractivity contribution is 7.10. The van der Waals surface area contributed by atoms with Crippen LogP contribution in [0.3, 0.4) is 0 Å². The van der Waals surface area contributed by atoms with Crippen molar-refractivity contribution in [1.29, 1.82) is 0 Å². The van der Waals surface area contributed by atoms with Gasteiger partial charge in [-0.1, -0.05) is 29.3 Å². The van der Waals surface area contributed by atoms with Crippen LogP contribution in [0.5, 0.6) is 0 Å². The number of nitrogens with two attached hydrogens (primary N) is 1. The van der Waals surface area contributed by atoms with E-state index in [0.29, 0.717) is 14.9 Å². The summed E-state index contributed by atoms with van der Waals surface area (Å²) in [5.74, 6) is -0.413. The Hall–Kier alpha value is -0.610. The van der Waals surface area contributed by atoms with Crippen LogP contribution in [0.25, 0.3) is 0 Å². The predicted octanol–water partition coefficient (Wildman–Crippen LogP) is 4.24. The van der Waals surface area contributed by atoms with E-state index >= 15 is 0 Å². The molecule has 0 bridgehead atoms. The van der Waals surface area contributed by atoms with Crippen molar-refractivity contribution in [3.05, 3.63) is 55.9 Å². The average molecular weight is 276 g/mol. The predicted molar refractivity (Wildman–Crippen MR) is 66.8 cm³/mol. The Morgan fingerprint density at radius 3 is 2.50 bits per heavy atom. The van der Waals surface area contributed by atoms with E-state index in [9.17, 15) is 4.39 Å².